The van der Waals surface area contributed by atoms with Gasteiger partial charge in [-0.15, -0.1) is 0 Å². The van der Waals surface area contributed by atoms with Crippen molar-refractivity contribution in [2.75, 3.05) is 46.4 Å². The zero-order chi connectivity index (χ0) is 9.86. The van der Waals surface area contributed by atoms with Crippen LogP contribution in [0.4, 0.5) is 0 Å². The summed E-state index contributed by atoms with van der Waals surface area (Å²) >= 11 is 0. The molecule has 2 aliphatic rings. The molecule has 0 aromatic carbocycles. The van der Waals surface area contributed by atoms with Crippen LogP contribution in [0.25, 0.3) is 0 Å². The van der Waals surface area contributed by atoms with E-state index in [1.54, 1.807) is 7.11 Å². The minimum absolute atomic E-state index is 0.652. The van der Waals surface area contributed by atoms with Gasteiger partial charge in [0.05, 0.1) is 6.61 Å². The van der Waals surface area contributed by atoms with Gasteiger partial charge in [-0.25, -0.2) is 0 Å². The van der Waals surface area contributed by atoms with Crippen molar-refractivity contribution in [2.45, 2.75) is 19.3 Å². The van der Waals surface area contributed by atoms with Crippen LogP contribution < -0.4 is 5.32 Å². The van der Waals surface area contributed by atoms with Crippen LogP contribution in [-0.2, 0) is 4.74 Å². The number of hydrogen-bond donors (Lipinski definition) is 1. The quantitative estimate of drug-likeness (QED) is 0.723. The van der Waals surface area contributed by atoms with E-state index in [4.69, 9.17) is 4.74 Å². The minimum Gasteiger partial charge on any atom is -0.383 e. The Bertz CT molecular complexity index is 178. The third-order valence-electron chi connectivity index (χ3n) is 3.79. The Morgan fingerprint density at radius 3 is 2.79 bits per heavy atom. The zero-order valence-electron chi connectivity index (χ0n) is 9.22. The molecule has 0 radical (unpaired) electrons. The molecule has 0 amide bonds. The summed E-state index contributed by atoms with van der Waals surface area (Å²) in [6, 6.07) is 0. The van der Waals surface area contributed by atoms with E-state index in [1.807, 2.05) is 0 Å². The van der Waals surface area contributed by atoms with E-state index in [0.29, 0.717) is 5.41 Å². The summed E-state index contributed by atoms with van der Waals surface area (Å²) in [5, 5.41) is 3.45. The molecule has 0 aliphatic carbocycles. The molecule has 1 N–H and O–H groups in total. The smallest absolute Gasteiger partial charge is 0.0589 e. The summed E-state index contributed by atoms with van der Waals surface area (Å²) in [5.74, 6) is 0. The largest absolute Gasteiger partial charge is 0.383 e. The molecule has 0 atom stereocenters. The van der Waals surface area contributed by atoms with Gasteiger partial charge in [0.1, 0.15) is 0 Å². The Balaban J connectivity index is 1.80. The van der Waals surface area contributed by atoms with Crippen LogP contribution in [0.3, 0.4) is 0 Å². The number of likely N-dealkylation sites (tertiary alicyclic amines) is 1. The number of nitrogens with one attached hydrogen (secondary N) is 1. The molecule has 0 aromatic heterocycles. The highest BCUT2D eigenvalue weighted by Crippen LogP contribution is 2.38. The molecule has 3 nitrogen and oxygen atoms in total. The van der Waals surface area contributed by atoms with Crippen LogP contribution in [0.5, 0.6) is 0 Å². The second-order valence-corrected chi connectivity index (χ2v) is 4.77. The van der Waals surface area contributed by atoms with Crippen molar-refractivity contribution in [2.24, 2.45) is 5.41 Å². The van der Waals surface area contributed by atoms with E-state index < -0.39 is 0 Å². The lowest BCUT2D eigenvalue weighted by atomic mass is 9.78. The van der Waals surface area contributed by atoms with Crippen molar-refractivity contribution < 1.29 is 4.74 Å². The van der Waals surface area contributed by atoms with Crippen molar-refractivity contribution in [3.63, 3.8) is 0 Å². The second-order valence-electron chi connectivity index (χ2n) is 4.77. The summed E-state index contributed by atoms with van der Waals surface area (Å²) in [5.41, 5.74) is 0.652. The molecule has 0 bridgehead atoms. The van der Waals surface area contributed by atoms with E-state index in [9.17, 15) is 0 Å². The highest BCUT2D eigenvalue weighted by Gasteiger charge is 2.38. The first-order valence-corrected chi connectivity index (χ1v) is 5.77. The molecule has 0 saturated carbocycles. The van der Waals surface area contributed by atoms with Crippen molar-refractivity contribution in [1.82, 2.24) is 10.2 Å². The lowest BCUT2D eigenvalue weighted by Crippen LogP contribution is -2.39. The fourth-order valence-electron chi connectivity index (χ4n) is 2.80. The summed E-state index contributed by atoms with van der Waals surface area (Å²) in [4.78, 5) is 2.56. The van der Waals surface area contributed by atoms with Gasteiger partial charge in [0.15, 0.2) is 0 Å². The highest BCUT2D eigenvalue weighted by molar-refractivity contribution is 4.92. The maximum atomic E-state index is 5.13. The maximum Gasteiger partial charge on any atom is 0.0589 e. The van der Waals surface area contributed by atoms with Crippen LogP contribution in [0, 0.1) is 5.41 Å². The van der Waals surface area contributed by atoms with Gasteiger partial charge in [0.2, 0.25) is 0 Å². The number of piperidine rings is 1. The fourth-order valence-corrected chi connectivity index (χ4v) is 2.80. The molecule has 2 rings (SSSR count). The monoisotopic (exact) mass is 198 g/mol. The van der Waals surface area contributed by atoms with Crippen LogP contribution >= 0.6 is 0 Å². The highest BCUT2D eigenvalue weighted by atomic mass is 16.5. The van der Waals surface area contributed by atoms with Crippen LogP contribution in [-0.4, -0.2) is 51.3 Å². The maximum absolute atomic E-state index is 5.13. The van der Waals surface area contributed by atoms with Gasteiger partial charge < -0.3 is 15.0 Å². The van der Waals surface area contributed by atoms with Gasteiger partial charge in [-0.1, -0.05) is 0 Å². The third kappa shape index (κ3) is 2.27. The number of nitrogens with zero attached hydrogens (tertiary/aromatic N) is 1. The molecule has 0 aromatic rings. The first-order chi connectivity index (χ1) is 6.85. The van der Waals surface area contributed by atoms with E-state index in [1.165, 1.54) is 45.4 Å². The van der Waals surface area contributed by atoms with Gasteiger partial charge >= 0.3 is 0 Å². The standard InChI is InChI=1S/C11H22N2O/c1-14-9-8-13-7-4-11(10-13)2-5-12-6-3-11/h12H,2-10H2,1H3. The first kappa shape index (κ1) is 10.4. The van der Waals surface area contributed by atoms with E-state index in [-0.39, 0.29) is 0 Å². The van der Waals surface area contributed by atoms with E-state index in [0.717, 1.165) is 13.2 Å². The van der Waals surface area contributed by atoms with E-state index in [2.05, 4.69) is 10.2 Å². The predicted molar refractivity (Wildman–Crippen MR) is 57.5 cm³/mol. The normalized spacial score (nSPS) is 27.2. The average Bonchev–Trinajstić information content (AvgIpc) is 2.60. The van der Waals surface area contributed by atoms with Gasteiger partial charge in [-0.05, 0) is 44.3 Å². The molecule has 2 heterocycles. The van der Waals surface area contributed by atoms with Gasteiger partial charge in [-0.3, -0.25) is 0 Å². The van der Waals surface area contributed by atoms with Crippen molar-refractivity contribution in [1.29, 1.82) is 0 Å². The summed E-state index contributed by atoms with van der Waals surface area (Å²) in [6.07, 6.45) is 4.14. The molecule has 3 heteroatoms. The molecule has 82 valence electrons. The Labute approximate surface area is 86.8 Å². The van der Waals surface area contributed by atoms with Crippen LogP contribution in [0.1, 0.15) is 19.3 Å². The lowest BCUT2D eigenvalue weighted by Gasteiger charge is -2.33. The third-order valence-corrected chi connectivity index (χ3v) is 3.79. The van der Waals surface area contributed by atoms with Crippen molar-refractivity contribution in [3.8, 4) is 0 Å². The number of methoxy groups -OCH3 is 1. The zero-order valence-corrected chi connectivity index (χ0v) is 9.22. The summed E-state index contributed by atoms with van der Waals surface area (Å²) in [6.45, 7) is 7.03. The molecular formula is C11H22N2O. The van der Waals surface area contributed by atoms with Gasteiger partial charge in [0, 0.05) is 20.2 Å². The van der Waals surface area contributed by atoms with E-state index >= 15 is 0 Å². The second kappa shape index (κ2) is 4.60. The molecule has 2 fully saturated rings. The molecule has 1 spiro atoms. The Morgan fingerprint density at radius 2 is 2.07 bits per heavy atom. The Hall–Kier alpha value is -0.120. The molecule has 2 saturated heterocycles. The topological polar surface area (TPSA) is 24.5 Å². The molecule has 0 unspecified atom stereocenters. The molecule has 14 heavy (non-hydrogen) atoms. The first-order valence-electron chi connectivity index (χ1n) is 5.77. The average molecular weight is 198 g/mol. The van der Waals surface area contributed by atoms with Crippen molar-refractivity contribution in [3.05, 3.63) is 0 Å². The van der Waals surface area contributed by atoms with Crippen LogP contribution in [0.2, 0.25) is 0 Å². The predicted octanol–water partition coefficient (Wildman–Crippen LogP) is 0.708. The molecular weight excluding hydrogens is 176 g/mol. The Morgan fingerprint density at radius 1 is 1.29 bits per heavy atom. The summed E-state index contributed by atoms with van der Waals surface area (Å²) < 4.78 is 5.13. The minimum atomic E-state index is 0.652. The fraction of sp³-hybridized carbons (Fsp3) is 1.00. The molecule has 2 aliphatic heterocycles. The van der Waals surface area contributed by atoms with Crippen LogP contribution in [0.15, 0.2) is 0 Å². The number of rotatable bonds is 3. The van der Waals surface area contributed by atoms with Gasteiger partial charge in [0.25, 0.3) is 0 Å². The summed E-state index contributed by atoms with van der Waals surface area (Å²) in [7, 11) is 1.79. The van der Waals surface area contributed by atoms with Crippen molar-refractivity contribution >= 4 is 0 Å². The number of ether oxygens (including phenoxy) is 1. The Kier molecular flexibility index (Phi) is 3.42. The van der Waals surface area contributed by atoms with Gasteiger partial charge in [-0.2, -0.15) is 0 Å². The number of hydrogen-bond acceptors (Lipinski definition) is 3. The SMILES string of the molecule is COCCN1CCC2(CCNCC2)C1. The lowest BCUT2D eigenvalue weighted by molar-refractivity contribution is 0.143.